The summed E-state index contributed by atoms with van der Waals surface area (Å²) in [5.74, 6) is 0.754. The number of rotatable bonds is 9. The molecule has 1 N–H and O–H groups in total. The standard InChI is InChI=1S/C18H39N3/c1-17(2)14-21(13-12-20(4)5)16-18(15-19-3)10-8-6-7-9-11-18/h17,19H,6-16H2,1-5H3. The number of nitrogens with one attached hydrogen (secondary N) is 1. The Kier molecular flexibility index (Phi) is 8.84. The number of hydrogen-bond donors (Lipinski definition) is 1. The van der Waals surface area contributed by atoms with E-state index in [0.29, 0.717) is 5.41 Å². The molecule has 0 aromatic rings. The van der Waals surface area contributed by atoms with Crippen LogP contribution in [0.3, 0.4) is 0 Å². The van der Waals surface area contributed by atoms with E-state index in [1.54, 1.807) is 0 Å². The zero-order chi connectivity index (χ0) is 15.7. The molecule has 0 spiro atoms. The molecule has 0 atom stereocenters. The molecule has 0 unspecified atom stereocenters. The Morgan fingerprint density at radius 3 is 2.10 bits per heavy atom. The fourth-order valence-corrected chi connectivity index (χ4v) is 3.81. The van der Waals surface area contributed by atoms with Crippen molar-refractivity contribution in [3.8, 4) is 0 Å². The molecule has 0 radical (unpaired) electrons. The third-order valence-corrected chi connectivity index (χ3v) is 4.76. The summed E-state index contributed by atoms with van der Waals surface area (Å²) in [6.07, 6.45) is 8.53. The monoisotopic (exact) mass is 297 g/mol. The molecule has 0 aromatic carbocycles. The van der Waals surface area contributed by atoms with E-state index >= 15 is 0 Å². The Morgan fingerprint density at radius 1 is 1.00 bits per heavy atom. The Morgan fingerprint density at radius 2 is 1.62 bits per heavy atom. The van der Waals surface area contributed by atoms with Gasteiger partial charge in [0.1, 0.15) is 0 Å². The largest absolute Gasteiger partial charge is 0.319 e. The molecule has 0 heterocycles. The minimum absolute atomic E-state index is 0.506. The average Bonchev–Trinajstić information content (AvgIpc) is 2.62. The second kappa shape index (κ2) is 9.81. The van der Waals surface area contributed by atoms with E-state index in [1.165, 1.54) is 71.2 Å². The van der Waals surface area contributed by atoms with Gasteiger partial charge in [0.15, 0.2) is 0 Å². The normalized spacial score (nSPS) is 19.4. The van der Waals surface area contributed by atoms with Crippen molar-refractivity contribution in [2.45, 2.75) is 52.4 Å². The molecule has 0 aromatic heterocycles. The van der Waals surface area contributed by atoms with E-state index in [9.17, 15) is 0 Å². The van der Waals surface area contributed by atoms with E-state index in [4.69, 9.17) is 0 Å². The van der Waals surface area contributed by atoms with Crippen molar-refractivity contribution in [3.63, 3.8) is 0 Å². The van der Waals surface area contributed by atoms with Gasteiger partial charge in [0.25, 0.3) is 0 Å². The maximum Gasteiger partial charge on any atom is 0.0109 e. The van der Waals surface area contributed by atoms with Crippen molar-refractivity contribution in [1.82, 2.24) is 15.1 Å². The van der Waals surface area contributed by atoms with Crippen molar-refractivity contribution in [2.75, 3.05) is 53.9 Å². The maximum absolute atomic E-state index is 3.49. The van der Waals surface area contributed by atoms with Gasteiger partial charge in [0.05, 0.1) is 0 Å². The SMILES string of the molecule is CNCC1(CN(CCN(C)C)CC(C)C)CCCCCC1. The molecule has 1 aliphatic rings. The summed E-state index contributed by atoms with van der Waals surface area (Å²) in [6, 6.07) is 0. The Hall–Kier alpha value is -0.120. The fourth-order valence-electron chi connectivity index (χ4n) is 3.81. The topological polar surface area (TPSA) is 18.5 Å². The zero-order valence-electron chi connectivity index (χ0n) is 15.2. The first-order chi connectivity index (χ1) is 9.97. The molecule has 126 valence electrons. The summed E-state index contributed by atoms with van der Waals surface area (Å²) in [5, 5.41) is 3.49. The van der Waals surface area contributed by atoms with Crippen LogP contribution < -0.4 is 5.32 Å². The molecule has 3 nitrogen and oxygen atoms in total. The van der Waals surface area contributed by atoms with Gasteiger partial charge in [-0.1, -0.05) is 39.5 Å². The van der Waals surface area contributed by atoms with Crippen LogP contribution in [0.4, 0.5) is 0 Å². The molecular weight excluding hydrogens is 258 g/mol. The summed E-state index contributed by atoms with van der Waals surface area (Å²) in [4.78, 5) is 5.04. The molecule has 21 heavy (non-hydrogen) atoms. The van der Waals surface area contributed by atoms with Gasteiger partial charge >= 0.3 is 0 Å². The fraction of sp³-hybridized carbons (Fsp3) is 1.00. The van der Waals surface area contributed by atoms with Crippen molar-refractivity contribution < 1.29 is 0 Å². The molecule has 1 fully saturated rings. The predicted octanol–water partition coefficient (Wildman–Crippen LogP) is 3.07. The van der Waals surface area contributed by atoms with Crippen molar-refractivity contribution >= 4 is 0 Å². The van der Waals surface area contributed by atoms with E-state index < -0.39 is 0 Å². The second-order valence-electron chi connectivity index (χ2n) is 7.88. The van der Waals surface area contributed by atoms with Crippen LogP contribution in [0.2, 0.25) is 0 Å². The third kappa shape index (κ3) is 7.62. The molecule has 1 rings (SSSR count). The minimum Gasteiger partial charge on any atom is -0.319 e. The zero-order valence-corrected chi connectivity index (χ0v) is 15.2. The lowest BCUT2D eigenvalue weighted by Crippen LogP contribution is -2.46. The van der Waals surface area contributed by atoms with Crippen LogP contribution in [0.15, 0.2) is 0 Å². The van der Waals surface area contributed by atoms with Crippen molar-refractivity contribution in [1.29, 1.82) is 0 Å². The lowest BCUT2D eigenvalue weighted by atomic mass is 9.79. The van der Waals surface area contributed by atoms with Gasteiger partial charge in [-0.15, -0.1) is 0 Å². The Labute approximate surface area is 133 Å². The summed E-state index contributed by atoms with van der Waals surface area (Å²) in [5.41, 5.74) is 0.506. The summed E-state index contributed by atoms with van der Waals surface area (Å²) in [7, 11) is 6.49. The van der Waals surface area contributed by atoms with Crippen LogP contribution >= 0.6 is 0 Å². The number of hydrogen-bond acceptors (Lipinski definition) is 3. The van der Waals surface area contributed by atoms with Crippen LogP contribution in [0.1, 0.15) is 52.4 Å². The highest BCUT2D eigenvalue weighted by atomic mass is 15.2. The lowest BCUT2D eigenvalue weighted by molar-refractivity contribution is 0.112. The lowest BCUT2D eigenvalue weighted by Gasteiger charge is -2.39. The van der Waals surface area contributed by atoms with Crippen molar-refractivity contribution in [3.05, 3.63) is 0 Å². The van der Waals surface area contributed by atoms with Gasteiger partial charge in [-0.25, -0.2) is 0 Å². The summed E-state index contributed by atoms with van der Waals surface area (Å²) >= 11 is 0. The molecule has 0 aliphatic heterocycles. The maximum atomic E-state index is 3.49. The molecule has 0 amide bonds. The van der Waals surface area contributed by atoms with Crippen LogP contribution in [0.5, 0.6) is 0 Å². The van der Waals surface area contributed by atoms with E-state index in [2.05, 4.69) is 50.1 Å². The quantitative estimate of drug-likeness (QED) is 0.660. The molecule has 0 bridgehead atoms. The molecule has 3 heteroatoms. The predicted molar refractivity (Wildman–Crippen MR) is 93.9 cm³/mol. The highest BCUT2D eigenvalue weighted by Gasteiger charge is 2.32. The Bertz CT molecular complexity index is 255. The number of likely N-dealkylation sites (N-methyl/N-ethyl adjacent to an activating group) is 1. The van der Waals surface area contributed by atoms with Gasteiger partial charge in [-0.2, -0.15) is 0 Å². The van der Waals surface area contributed by atoms with Gasteiger partial charge in [-0.3, -0.25) is 0 Å². The van der Waals surface area contributed by atoms with Gasteiger partial charge < -0.3 is 15.1 Å². The first kappa shape index (κ1) is 18.9. The molecule has 0 saturated heterocycles. The third-order valence-electron chi connectivity index (χ3n) is 4.76. The van der Waals surface area contributed by atoms with Crippen LogP contribution in [0.25, 0.3) is 0 Å². The molecular formula is C18H39N3. The highest BCUT2D eigenvalue weighted by Crippen LogP contribution is 2.35. The van der Waals surface area contributed by atoms with Crippen LogP contribution in [0, 0.1) is 11.3 Å². The number of nitrogens with zero attached hydrogens (tertiary/aromatic N) is 2. The Balaban J connectivity index is 2.68. The molecule has 1 aliphatic carbocycles. The smallest absolute Gasteiger partial charge is 0.0109 e. The van der Waals surface area contributed by atoms with E-state index in [1.807, 2.05) is 0 Å². The van der Waals surface area contributed by atoms with Gasteiger partial charge in [0.2, 0.25) is 0 Å². The first-order valence-corrected chi connectivity index (χ1v) is 8.99. The minimum atomic E-state index is 0.506. The highest BCUT2D eigenvalue weighted by molar-refractivity contribution is 4.87. The van der Waals surface area contributed by atoms with Crippen LogP contribution in [-0.4, -0.2) is 63.7 Å². The van der Waals surface area contributed by atoms with Crippen LogP contribution in [-0.2, 0) is 0 Å². The second-order valence-corrected chi connectivity index (χ2v) is 7.88. The van der Waals surface area contributed by atoms with E-state index in [0.717, 1.165) is 5.92 Å². The van der Waals surface area contributed by atoms with Crippen molar-refractivity contribution in [2.24, 2.45) is 11.3 Å². The first-order valence-electron chi connectivity index (χ1n) is 8.99. The van der Waals surface area contributed by atoms with Gasteiger partial charge in [-0.05, 0) is 45.3 Å². The summed E-state index contributed by atoms with van der Waals surface area (Å²) in [6.45, 7) is 10.8. The average molecular weight is 298 g/mol. The van der Waals surface area contributed by atoms with E-state index in [-0.39, 0.29) is 0 Å². The van der Waals surface area contributed by atoms with Gasteiger partial charge in [0, 0.05) is 32.7 Å². The molecule has 1 saturated carbocycles. The summed E-state index contributed by atoms with van der Waals surface area (Å²) < 4.78 is 0.